The van der Waals surface area contributed by atoms with E-state index in [1.807, 2.05) is 55.5 Å². The van der Waals surface area contributed by atoms with E-state index in [-0.39, 0.29) is 11.7 Å². The maximum absolute atomic E-state index is 12.8. The molecule has 1 aliphatic rings. The number of Topliss-reactive ketones (excluding diaryl/α,β-unsaturated/α-hetero) is 1. The number of anilines is 2. The van der Waals surface area contributed by atoms with Crippen molar-refractivity contribution in [3.63, 3.8) is 0 Å². The maximum atomic E-state index is 12.8. The summed E-state index contributed by atoms with van der Waals surface area (Å²) in [6, 6.07) is 15.2. The van der Waals surface area contributed by atoms with Crippen molar-refractivity contribution >= 4 is 29.0 Å². The van der Waals surface area contributed by atoms with Crippen molar-refractivity contribution in [2.75, 3.05) is 12.4 Å². The molecule has 0 fully saturated rings. The van der Waals surface area contributed by atoms with E-state index in [1.165, 1.54) is 0 Å². The molecule has 1 aromatic heterocycles. The van der Waals surface area contributed by atoms with Crippen LogP contribution in [0.25, 0.3) is 0 Å². The van der Waals surface area contributed by atoms with Gasteiger partial charge in [-0.05, 0) is 61.2 Å². The molecular weight excluding hydrogens is 374 g/mol. The van der Waals surface area contributed by atoms with Crippen molar-refractivity contribution in [3.05, 3.63) is 76.1 Å². The molecule has 28 heavy (non-hydrogen) atoms. The van der Waals surface area contributed by atoms with Crippen LogP contribution in [0, 0.1) is 6.92 Å². The number of carbonyl (C=O) groups excluding carboxylic acids is 1. The first-order valence-corrected chi connectivity index (χ1v) is 9.48. The standard InChI is InChI=1S/C22H20ClN3O2/c1-13-21-19(11-15(12-20(21)27)14-4-3-5-16(23)10-14)26-22(24-13)25-17-6-8-18(28-2)9-7-17/h3-10,15H,11-12H2,1-2H3,(H,24,25,26). The number of aryl methyl sites for hydroxylation is 1. The second-order valence-corrected chi connectivity index (χ2v) is 7.33. The number of fused-ring (bicyclic) bond motifs is 1. The SMILES string of the molecule is COc1ccc(Nc2nc(C)c3c(n2)CC(c2cccc(Cl)c2)CC3=O)cc1. The molecule has 1 atom stereocenters. The Bertz CT molecular complexity index is 1030. The summed E-state index contributed by atoms with van der Waals surface area (Å²) in [5, 5.41) is 3.89. The maximum Gasteiger partial charge on any atom is 0.227 e. The minimum Gasteiger partial charge on any atom is -0.497 e. The van der Waals surface area contributed by atoms with Gasteiger partial charge in [0.05, 0.1) is 24.1 Å². The Labute approximate surface area is 168 Å². The first-order chi connectivity index (χ1) is 13.5. The third-order valence-corrected chi connectivity index (χ3v) is 5.22. The summed E-state index contributed by atoms with van der Waals surface area (Å²) in [4.78, 5) is 21.9. The normalized spacial score (nSPS) is 15.8. The molecule has 0 spiro atoms. The number of hydrogen-bond donors (Lipinski definition) is 1. The molecule has 0 bridgehead atoms. The minimum absolute atomic E-state index is 0.0711. The van der Waals surface area contributed by atoms with Crippen LogP contribution in [0.4, 0.5) is 11.6 Å². The third kappa shape index (κ3) is 3.71. The fraction of sp³-hybridized carbons (Fsp3) is 0.227. The van der Waals surface area contributed by atoms with Gasteiger partial charge in [0.15, 0.2) is 5.78 Å². The average molecular weight is 394 g/mol. The van der Waals surface area contributed by atoms with Crippen LogP contribution in [0.3, 0.4) is 0 Å². The zero-order valence-electron chi connectivity index (χ0n) is 15.7. The van der Waals surface area contributed by atoms with Crippen LogP contribution in [0.2, 0.25) is 5.02 Å². The van der Waals surface area contributed by atoms with Crippen LogP contribution < -0.4 is 10.1 Å². The largest absolute Gasteiger partial charge is 0.497 e. The van der Waals surface area contributed by atoms with Gasteiger partial charge in [-0.25, -0.2) is 9.97 Å². The molecule has 2 aromatic carbocycles. The number of nitrogens with zero attached hydrogens (tertiary/aromatic N) is 2. The highest BCUT2D eigenvalue weighted by Gasteiger charge is 2.30. The number of carbonyl (C=O) groups is 1. The van der Waals surface area contributed by atoms with Crippen LogP contribution in [0.1, 0.15) is 39.6 Å². The summed E-state index contributed by atoms with van der Waals surface area (Å²) in [5.74, 6) is 1.42. The van der Waals surface area contributed by atoms with Gasteiger partial charge in [0.25, 0.3) is 0 Å². The van der Waals surface area contributed by atoms with Gasteiger partial charge < -0.3 is 10.1 Å². The van der Waals surface area contributed by atoms with Crippen molar-refractivity contribution in [1.82, 2.24) is 9.97 Å². The topological polar surface area (TPSA) is 64.1 Å². The van der Waals surface area contributed by atoms with E-state index < -0.39 is 0 Å². The van der Waals surface area contributed by atoms with Gasteiger partial charge in [0, 0.05) is 17.1 Å². The van der Waals surface area contributed by atoms with Crippen LogP contribution in [0.5, 0.6) is 5.75 Å². The number of methoxy groups -OCH3 is 1. The van der Waals surface area contributed by atoms with Gasteiger partial charge in [-0.3, -0.25) is 4.79 Å². The molecule has 0 saturated heterocycles. The first kappa shape index (κ1) is 18.4. The second kappa shape index (κ2) is 7.60. The highest BCUT2D eigenvalue weighted by molar-refractivity contribution is 6.30. The van der Waals surface area contributed by atoms with Crippen molar-refractivity contribution < 1.29 is 9.53 Å². The summed E-state index contributed by atoms with van der Waals surface area (Å²) in [7, 11) is 1.63. The highest BCUT2D eigenvalue weighted by atomic mass is 35.5. The fourth-order valence-corrected chi connectivity index (χ4v) is 3.83. The summed E-state index contributed by atoms with van der Waals surface area (Å²) in [5.41, 5.74) is 4.06. The second-order valence-electron chi connectivity index (χ2n) is 6.89. The summed E-state index contributed by atoms with van der Waals surface area (Å²) in [6.45, 7) is 1.86. The zero-order valence-corrected chi connectivity index (χ0v) is 16.5. The average Bonchev–Trinajstić information content (AvgIpc) is 2.68. The molecule has 3 aromatic rings. The number of nitrogens with one attached hydrogen (secondary N) is 1. The fourth-order valence-electron chi connectivity index (χ4n) is 3.63. The molecule has 0 radical (unpaired) electrons. The molecule has 4 rings (SSSR count). The molecule has 1 unspecified atom stereocenters. The van der Waals surface area contributed by atoms with Crippen molar-refractivity contribution in [1.29, 1.82) is 0 Å². The van der Waals surface area contributed by atoms with E-state index in [4.69, 9.17) is 16.3 Å². The Hall–Kier alpha value is -2.92. The zero-order chi connectivity index (χ0) is 19.7. The Kier molecular flexibility index (Phi) is 5.01. The van der Waals surface area contributed by atoms with Gasteiger partial charge in [-0.2, -0.15) is 0 Å². The summed E-state index contributed by atoms with van der Waals surface area (Å²) < 4.78 is 5.18. The Morgan fingerprint density at radius 2 is 1.89 bits per heavy atom. The smallest absolute Gasteiger partial charge is 0.227 e. The van der Waals surface area contributed by atoms with Crippen LogP contribution in [-0.2, 0) is 6.42 Å². The molecule has 1 aliphatic carbocycles. The molecular formula is C22H20ClN3O2. The predicted octanol–water partition coefficient (Wildman–Crippen LogP) is 5.10. The van der Waals surface area contributed by atoms with Gasteiger partial charge >= 0.3 is 0 Å². The Morgan fingerprint density at radius 3 is 2.61 bits per heavy atom. The van der Waals surface area contributed by atoms with Gasteiger partial charge in [-0.1, -0.05) is 23.7 Å². The number of ether oxygens (including phenoxy) is 1. The summed E-state index contributed by atoms with van der Waals surface area (Å²) >= 11 is 6.13. The number of hydrogen-bond acceptors (Lipinski definition) is 5. The van der Waals surface area contributed by atoms with Crippen molar-refractivity contribution in [2.45, 2.75) is 25.7 Å². The lowest BCUT2D eigenvalue weighted by Gasteiger charge is -2.24. The van der Waals surface area contributed by atoms with E-state index in [9.17, 15) is 4.79 Å². The first-order valence-electron chi connectivity index (χ1n) is 9.10. The lowest BCUT2D eigenvalue weighted by Crippen LogP contribution is -2.22. The van der Waals surface area contributed by atoms with E-state index in [2.05, 4.69) is 15.3 Å². The molecule has 0 saturated carbocycles. The van der Waals surface area contributed by atoms with Gasteiger partial charge in [0.1, 0.15) is 5.75 Å². The quantitative estimate of drug-likeness (QED) is 0.667. The minimum atomic E-state index is 0.0711. The third-order valence-electron chi connectivity index (χ3n) is 4.98. The molecule has 142 valence electrons. The lowest BCUT2D eigenvalue weighted by atomic mass is 9.81. The van der Waals surface area contributed by atoms with E-state index in [0.717, 1.165) is 22.7 Å². The van der Waals surface area contributed by atoms with E-state index in [1.54, 1.807) is 7.11 Å². The molecule has 6 heteroatoms. The lowest BCUT2D eigenvalue weighted by molar-refractivity contribution is 0.0962. The highest BCUT2D eigenvalue weighted by Crippen LogP contribution is 2.34. The van der Waals surface area contributed by atoms with E-state index >= 15 is 0 Å². The predicted molar refractivity (Wildman–Crippen MR) is 110 cm³/mol. The molecule has 1 N–H and O–H groups in total. The van der Waals surface area contributed by atoms with Gasteiger partial charge in [-0.15, -0.1) is 0 Å². The Morgan fingerprint density at radius 1 is 1.11 bits per heavy atom. The molecule has 0 amide bonds. The van der Waals surface area contributed by atoms with Gasteiger partial charge in [0.2, 0.25) is 5.95 Å². The van der Waals surface area contributed by atoms with Crippen LogP contribution in [-0.4, -0.2) is 22.9 Å². The molecule has 1 heterocycles. The number of aromatic nitrogens is 2. The van der Waals surface area contributed by atoms with Crippen molar-refractivity contribution in [3.8, 4) is 5.75 Å². The Balaban J connectivity index is 1.64. The monoisotopic (exact) mass is 393 g/mol. The van der Waals surface area contributed by atoms with Crippen molar-refractivity contribution in [2.24, 2.45) is 0 Å². The molecule has 0 aliphatic heterocycles. The van der Waals surface area contributed by atoms with Crippen LogP contribution in [0.15, 0.2) is 48.5 Å². The van der Waals surface area contributed by atoms with E-state index in [0.29, 0.717) is 35.1 Å². The number of halogens is 1. The number of ketones is 1. The number of rotatable bonds is 4. The van der Waals surface area contributed by atoms with Crippen LogP contribution >= 0.6 is 11.6 Å². The summed E-state index contributed by atoms with van der Waals surface area (Å²) in [6.07, 6.45) is 1.13. The number of benzene rings is 2. The molecule has 5 nitrogen and oxygen atoms in total.